The van der Waals surface area contributed by atoms with Crippen LogP contribution in [-0.2, 0) is 0 Å². The van der Waals surface area contributed by atoms with E-state index in [9.17, 15) is 5.21 Å². The monoisotopic (exact) mass is 295 g/mol. The molecule has 3 unspecified atom stereocenters. The highest BCUT2D eigenvalue weighted by atomic mass is 127. The largest absolute Gasteiger partial charge is 0.313 e. The van der Waals surface area contributed by atoms with Gasteiger partial charge in [-0.1, -0.05) is 55.5 Å². The van der Waals surface area contributed by atoms with Crippen molar-refractivity contribution in [3.8, 4) is 0 Å². The molecule has 0 aromatic rings. The van der Waals surface area contributed by atoms with Crippen LogP contribution in [0.5, 0.6) is 0 Å². The van der Waals surface area contributed by atoms with Crippen LogP contribution < -0.4 is 0 Å². The molecule has 1 N–H and O–H groups in total. The van der Waals surface area contributed by atoms with Crippen LogP contribution in [0.1, 0.15) is 27.2 Å². The van der Waals surface area contributed by atoms with Crippen molar-refractivity contribution in [2.75, 3.05) is 0 Å². The van der Waals surface area contributed by atoms with Gasteiger partial charge in [-0.3, -0.25) is 0 Å². The van der Waals surface area contributed by atoms with Gasteiger partial charge in [0.15, 0.2) is 0 Å². The van der Waals surface area contributed by atoms with Crippen molar-refractivity contribution in [2.45, 2.75) is 43.2 Å². The van der Waals surface area contributed by atoms with Crippen LogP contribution in [0.3, 0.4) is 0 Å². The van der Waals surface area contributed by atoms with Crippen LogP contribution in [0.15, 0.2) is 12.2 Å². The second-order valence-electron chi connectivity index (χ2n) is 4.02. The fourth-order valence-corrected chi connectivity index (χ4v) is 2.29. The zero-order valence-corrected chi connectivity index (χ0v) is 10.6. The standard InChI is InChI=1S/C10H18INO/c1-7(2)9-5-4-6-10(8(3)11)12(9)13/h4,6-10,13H,5H2,1-3H3. The predicted molar refractivity (Wildman–Crippen MR) is 63.3 cm³/mol. The van der Waals surface area contributed by atoms with Gasteiger partial charge in [0.05, 0.1) is 6.04 Å². The summed E-state index contributed by atoms with van der Waals surface area (Å²) in [4.78, 5) is 0. The Hall–Kier alpha value is 0.390. The lowest BCUT2D eigenvalue weighted by Gasteiger charge is -2.37. The zero-order valence-electron chi connectivity index (χ0n) is 8.44. The zero-order chi connectivity index (χ0) is 10.0. The molecule has 2 nitrogen and oxygen atoms in total. The predicted octanol–water partition coefficient (Wildman–Crippen LogP) is 2.85. The van der Waals surface area contributed by atoms with Crippen molar-refractivity contribution in [2.24, 2.45) is 5.92 Å². The summed E-state index contributed by atoms with van der Waals surface area (Å²) in [5, 5.41) is 11.5. The molecule has 0 spiro atoms. The van der Waals surface area contributed by atoms with E-state index in [-0.39, 0.29) is 12.1 Å². The number of hydrogen-bond donors (Lipinski definition) is 1. The maximum Gasteiger partial charge on any atom is 0.0648 e. The van der Waals surface area contributed by atoms with Gasteiger partial charge in [0.25, 0.3) is 0 Å². The molecule has 3 heteroatoms. The molecule has 1 heterocycles. The number of rotatable bonds is 2. The first-order valence-electron chi connectivity index (χ1n) is 4.82. The summed E-state index contributed by atoms with van der Waals surface area (Å²) in [5.74, 6) is 0.507. The first kappa shape index (κ1) is 11.5. The van der Waals surface area contributed by atoms with Crippen molar-refractivity contribution in [1.29, 1.82) is 0 Å². The highest BCUT2D eigenvalue weighted by molar-refractivity contribution is 14.1. The van der Waals surface area contributed by atoms with Crippen LogP contribution in [0.4, 0.5) is 0 Å². The van der Waals surface area contributed by atoms with Gasteiger partial charge in [-0.05, 0) is 12.3 Å². The van der Waals surface area contributed by atoms with Gasteiger partial charge in [0.2, 0.25) is 0 Å². The topological polar surface area (TPSA) is 23.5 Å². The number of nitrogens with zero attached hydrogens (tertiary/aromatic N) is 1. The Morgan fingerprint density at radius 1 is 1.46 bits per heavy atom. The van der Waals surface area contributed by atoms with Crippen molar-refractivity contribution in [3.05, 3.63) is 12.2 Å². The van der Waals surface area contributed by atoms with Crippen molar-refractivity contribution in [1.82, 2.24) is 5.06 Å². The number of alkyl halides is 1. The molecule has 0 saturated heterocycles. The van der Waals surface area contributed by atoms with Crippen LogP contribution in [0.25, 0.3) is 0 Å². The summed E-state index contributed by atoms with van der Waals surface area (Å²) in [7, 11) is 0. The fraction of sp³-hybridized carbons (Fsp3) is 0.800. The van der Waals surface area contributed by atoms with Crippen molar-refractivity contribution in [3.63, 3.8) is 0 Å². The molecule has 0 saturated carbocycles. The molecule has 0 fully saturated rings. The number of hydroxylamine groups is 2. The lowest BCUT2D eigenvalue weighted by Crippen LogP contribution is -2.47. The molecule has 0 aliphatic carbocycles. The summed E-state index contributed by atoms with van der Waals surface area (Å²) in [6.07, 6.45) is 5.27. The Kier molecular flexibility index (Phi) is 4.19. The minimum absolute atomic E-state index is 0.182. The maximum absolute atomic E-state index is 9.95. The average molecular weight is 295 g/mol. The van der Waals surface area contributed by atoms with Crippen LogP contribution in [-0.4, -0.2) is 26.3 Å². The van der Waals surface area contributed by atoms with Crippen LogP contribution in [0, 0.1) is 5.92 Å². The molecule has 0 aromatic carbocycles. The van der Waals surface area contributed by atoms with E-state index < -0.39 is 0 Å². The Morgan fingerprint density at radius 2 is 2.08 bits per heavy atom. The van der Waals surface area contributed by atoms with E-state index in [1.165, 1.54) is 5.06 Å². The van der Waals surface area contributed by atoms with Crippen LogP contribution in [0.2, 0.25) is 0 Å². The van der Waals surface area contributed by atoms with E-state index in [0.29, 0.717) is 9.84 Å². The summed E-state index contributed by atoms with van der Waals surface area (Å²) >= 11 is 2.36. The lowest BCUT2D eigenvalue weighted by molar-refractivity contribution is -0.160. The molecule has 1 aliphatic heterocycles. The van der Waals surface area contributed by atoms with Gasteiger partial charge in [0, 0.05) is 9.97 Å². The minimum Gasteiger partial charge on any atom is -0.313 e. The third-order valence-electron chi connectivity index (χ3n) is 2.60. The SMILES string of the molecule is CC(C)C1CC=CC(C(C)I)N1O. The van der Waals surface area contributed by atoms with E-state index >= 15 is 0 Å². The normalized spacial score (nSPS) is 32.5. The van der Waals surface area contributed by atoms with Gasteiger partial charge in [-0.2, -0.15) is 5.06 Å². The van der Waals surface area contributed by atoms with E-state index in [4.69, 9.17) is 0 Å². The third kappa shape index (κ3) is 2.67. The lowest BCUT2D eigenvalue weighted by atomic mass is 9.95. The Morgan fingerprint density at radius 3 is 2.54 bits per heavy atom. The molecule has 0 amide bonds. The number of hydrogen-bond acceptors (Lipinski definition) is 2. The molecule has 0 bridgehead atoms. The Labute approximate surface area is 94.1 Å². The van der Waals surface area contributed by atoms with Gasteiger partial charge in [0.1, 0.15) is 0 Å². The summed E-state index contributed by atoms with van der Waals surface area (Å²) < 4.78 is 0.445. The second kappa shape index (κ2) is 4.75. The smallest absolute Gasteiger partial charge is 0.0648 e. The molecule has 3 atom stereocenters. The fourth-order valence-electron chi connectivity index (χ4n) is 1.72. The van der Waals surface area contributed by atoms with E-state index in [0.717, 1.165) is 6.42 Å². The quantitative estimate of drug-likeness (QED) is 0.481. The van der Waals surface area contributed by atoms with Gasteiger partial charge in [-0.15, -0.1) is 0 Å². The molecule has 76 valence electrons. The summed E-state index contributed by atoms with van der Waals surface area (Å²) in [6, 6.07) is 0.467. The highest BCUT2D eigenvalue weighted by Crippen LogP contribution is 2.25. The van der Waals surface area contributed by atoms with Gasteiger partial charge < -0.3 is 5.21 Å². The Bertz CT molecular complexity index is 191. The van der Waals surface area contributed by atoms with Gasteiger partial charge >= 0.3 is 0 Å². The van der Waals surface area contributed by atoms with E-state index in [1.807, 2.05) is 0 Å². The molecule has 13 heavy (non-hydrogen) atoms. The third-order valence-corrected chi connectivity index (χ3v) is 3.33. The molecular weight excluding hydrogens is 277 g/mol. The average Bonchev–Trinajstić information content (AvgIpc) is 2.03. The van der Waals surface area contributed by atoms with Gasteiger partial charge in [-0.25, -0.2) is 0 Å². The molecular formula is C10H18INO. The molecule has 0 aromatic heterocycles. The molecule has 1 aliphatic rings. The summed E-state index contributed by atoms with van der Waals surface area (Å²) in [5.41, 5.74) is 0. The highest BCUT2D eigenvalue weighted by Gasteiger charge is 2.30. The maximum atomic E-state index is 9.95. The van der Waals surface area contributed by atoms with E-state index in [1.54, 1.807) is 0 Å². The Balaban J connectivity index is 2.70. The van der Waals surface area contributed by atoms with Crippen molar-refractivity contribution < 1.29 is 5.21 Å². The number of halogens is 1. The molecule has 0 radical (unpaired) electrons. The minimum atomic E-state index is 0.182. The first-order valence-corrected chi connectivity index (χ1v) is 6.06. The van der Waals surface area contributed by atoms with E-state index in [2.05, 4.69) is 55.5 Å². The first-order chi connectivity index (χ1) is 6.04. The summed E-state index contributed by atoms with van der Waals surface area (Å²) in [6.45, 7) is 6.44. The van der Waals surface area contributed by atoms with Crippen LogP contribution >= 0.6 is 22.6 Å². The second-order valence-corrected chi connectivity index (χ2v) is 5.99. The molecule has 1 rings (SSSR count). The van der Waals surface area contributed by atoms with Crippen molar-refractivity contribution >= 4 is 22.6 Å².